The van der Waals surface area contributed by atoms with Crippen molar-refractivity contribution in [3.8, 4) is 0 Å². The zero-order valence-corrected chi connectivity index (χ0v) is 51.3. The highest BCUT2D eigenvalue weighted by Crippen LogP contribution is 2.18. The van der Waals surface area contributed by atoms with Crippen molar-refractivity contribution >= 4 is 17.9 Å². The second-order valence-electron chi connectivity index (χ2n) is 23.1. The number of ether oxygens (including phenoxy) is 3. The van der Waals surface area contributed by atoms with E-state index >= 15 is 0 Å². The highest BCUT2D eigenvalue weighted by molar-refractivity contribution is 5.71. The molecule has 0 fully saturated rings. The molecule has 0 aromatic rings. The van der Waals surface area contributed by atoms with Crippen LogP contribution >= 0.6 is 0 Å². The highest BCUT2D eigenvalue weighted by Gasteiger charge is 2.19. The molecule has 0 saturated heterocycles. The Morgan fingerprint density at radius 3 is 0.750 bits per heavy atom. The molecular formula is C70H130O6. The fourth-order valence-electron chi connectivity index (χ4n) is 10.2. The smallest absolute Gasteiger partial charge is 0.306 e. The minimum atomic E-state index is -0.773. The molecule has 0 spiro atoms. The van der Waals surface area contributed by atoms with Gasteiger partial charge in [-0.05, 0) is 77.0 Å². The number of rotatable bonds is 63. The Balaban J connectivity index is 4.15. The molecule has 1 unspecified atom stereocenters. The van der Waals surface area contributed by atoms with Crippen molar-refractivity contribution in [2.24, 2.45) is 0 Å². The van der Waals surface area contributed by atoms with Crippen LogP contribution in [-0.2, 0) is 28.6 Å². The molecule has 1 atom stereocenters. The molecule has 0 bridgehead atoms. The molecule has 6 nitrogen and oxygen atoms in total. The van der Waals surface area contributed by atoms with Gasteiger partial charge >= 0.3 is 17.9 Å². The van der Waals surface area contributed by atoms with Crippen molar-refractivity contribution in [1.29, 1.82) is 0 Å². The van der Waals surface area contributed by atoms with Crippen molar-refractivity contribution in [2.45, 2.75) is 380 Å². The molecule has 0 aromatic heterocycles. The van der Waals surface area contributed by atoms with Crippen LogP contribution in [0.5, 0.6) is 0 Å². The summed E-state index contributed by atoms with van der Waals surface area (Å²) < 4.78 is 16.9. The Kier molecular flexibility index (Phi) is 63.1. The van der Waals surface area contributed by atoms with Gasteiger partial charge in [-0.25, -0.2) is 0 Å². The number of unbranched alkanes of at least 4 members (excludes halogenated alkanes) is 46. The molecule has 6 heteroatoms. The number of esters is 3. The second kappa shape index (κ2) is 65.2. The molecule has 0 aliphatic carbocycles. The molecule has 0 aliphatic heterocycles. The molecular weight excluding hydrogens is 937 g/mol. The van der Waals surface area contributed by atoms with Gasteiger partial charge in [0.15, 0.2) is 6.10 Å². The molecule has 0 radical (unpaired) electrons. The number of carbonyl (C=O) groups excluding carboxylic acids is 3. The standard InChI is InChI=1S/C70H130O6/c1-4-7-10-13-16-19-22-24-26-28-30-31-32-33-34-35-36-37-38-39-40-42-43-45-48-51-54-57-60-63-69(72)75-66-67(65-74-68(71)62-59-56-53-50-47-21-18-15-12-9-6-3)76-70(73)64-61-58-55-52-49-46-44-41-29-27-25-23-20-17-14-11-8-5-2/h20,23,27-30,67H,4-19,21-22,24-26,31-66H2,1-3H3/b23-20-,29-27-,30-28-. The van der Waals surface area contributed by atoms with Crippen LogP contribution in [-0.4, -0.2) is 37.2 Å². The lowest BCUT2D eigenvalue weighted by Crippen LogP contribution is -2.30. The lowest BCUT2D eigenvalue weighted by atomic mass is 10.0. The number of carbonyl (C=O) groups is 3. The molecule has 0 heterocycles. The summed E-state index contributed by atoms with van der Waals surface area (Å²) in [6.07, 6.45) is 80.3. The van der Waals surface area contributed by atoms with E-state index in [0.717, 1.165) is 70.6 Å². The molecule has 76 heavy (non-hydrogen) atoms. The quantitative estimate of drug-likeness (QED) is 0.0261. The van der Waals surface area contributed by atoms with Gasteiger partial charge in [-0.1, -0.05) is 314 Å². The normalized spacial score (nSPS) is 12.2. The topological polar surface area (TPSA) is 78.9 Å². The van der Waals surface area contributed by atoms with E-state index in [1.807, 2.05) is 0 Å². The fraction of sp³-hybridized carbons (Fsp3) is 0.871. The van der Waals surface area contributed by atoms with E-state index in [4.69, 9.17) is 14.2 Å². The monoisotopic (exact) mass is 1070 g/mol. The summed E-state index contributed by atoms with van der Waals surface area (Å²) in [5, 5.41) is 0. The summed E-state index contributed by atoms with van der Waals surface area (Å²) in [5.74, 6) is -0.854. The summed E-state index contributed by atoms with van der Waals surface area (Å²) in [4.78, 5) is 38.3. The van der Waals surface area contributed by atoms with Gasteiger partial charge in [0.25, 0.3) is 0 Å². The van der Waals surface area contributed by atoms with Gasteiger partial charge in [0.1, 0.15) is 13.2 Å². The third-order valence-electron chi connectivity index (χ3n) is 15.4. The Morgan fingerprint density at radius 2 is 0.474 bits per heavy atom. The minimum Gasteiger partial charge on any atom is -0.462 e. The predicted molar refractivity (Wildman–Crippen MR) is 330 cm³/mol. The summed E-state index contributed by atoms with van der Waals surface area (Å²) >= 11 is 0. The summed E-state index contributed by atoms with van der Waals surface area (Å²) in [7, 11) is 0. The Bertz CT molecular complexity index is 1270. The number of hydrogen-bond donors (Lipinski definition) is 0. The van der Waals surface area contributed by atoms with E-state index in [2.05, 4.69) is 57.2 Å². The summed E-state index contributed by atoms with van der Waals surface area (Å²) in [5.41, 5.74) is 0. The van der Waals surface area contributed by atoms with Crippen molar-refractivity contribution in [2.75, 3.05) is 13.2 Å². The molecule has 0 aromatic carbocycles. The Labute approximate surface area is 474 Å². The van der Waals surface area contributed by atoms with Crippen molar-refractivity contribution in [1.82, 2.24) is 0 Å². The van der Waals surface area contributed by atoms with Crippen LogP contribution in [0.15, 0.2) is 36.5 Å². The fourth-order valence-corrected chi connectivity index (χ4v) is 10.2. The van der Waals surface area contributed by atoms with Gasteiger partial charge < -0.3 is 14.2 Å². The van der Waals surface area contributed by atoms with Gasteiger partial charge in [0, 0.05) is 19.3 Å². The maximum absolute atomic E-state index is 12.9. The Hall–Kier alpha value is -2.37. The average molecular weight is 1070 g/mol. The van der Waals surface area contributed by atoms with Crippen molar-refractivity contribution < 1.29 is 28.6 Å². The van der Waals surface area contributed by atoms with Crippen LogP contribution in [0.1, 0.15) is 374 Å². The third-order valence-corrected chi connectivity index (χ3v) is 15.4. The van der Waals surface area contributed by atoms with Crippen molar-refractivity contribution in [3.63, 3.8) is 0 Å². The SMILES string of the molecule is CCCCCC/C=C\C/C=C\CCCCCCCCCC(=O)OC(COC(=O)CCCCCCCCCCCCC)COC(=O)CCCCCCCCCCCCCCCCCCC/C=C\CCCCCCCCCC. The van der Waals surface area contributed by atoms with Crippen molar-refractivity contribution in [3.05, 3.63) is 36.5 Å². The molecule has 0 N–H and O–H groups in total. The minimum absolute atomic E-state index is 0.0704. The van der Waals surface area contributed by atoms with Crippen LogP contribution in [0, 0.1) is 0 Å². The lowest BCUT2D eigenvalue weighted by Gasteiger charge is -2.18. The molecule has 446 valence electrons. The largest absolute Gasteiger partial charge is 0.462 e. The zero-order chi connectivity index (χ0) is 55.0. The van der Waals surface area contributed by atoms with E-state index in [9.17, 15) is 14.4 Å². The molecule has 0 saturated carbocycles. The lowest BCUT2D eigenvalue weighted by molar-refractivity contribution is -0.167. The number of hydrogen-bond acceptors (Lipinski definition) is 6. The first-order chi connectivity index (χ1) is 37.5. The van der Waals surface area contributed by atoms with E-state index in [1.165, 1.54) is 263 Å². The third kappa shape index (κ3) is 62.5. The first-order valence-electron chi connectivity index (χ1n) is 34.0. The van der Waals surface area contributed by atoms with Crippen LogP contribution in [0.25, 0.3) is 0 Å². The average Bonchev–Trinajstić information content (AvgIpc) is 3.42. The van der Waals surface area contributed by atoms with Gasteiger partial charge in [-0.2, -0.15) is 0 Å². The van der Waals surface area contributed by atoms with Crippen LogP contribution < -0.4 is 0 Å². The first-order valence-corrected chi connectivity index (χ1v) is 34.0. The van der Waals surface area contributed by atoms with Crippen LogP contribution in [0.3, 0.4) is 0 Å². The first kappa shape index (κ1) is 73.6. The van der Waals surface area contributed by atoms with Gasteiger partial charge in [0.05, 0.1) is 0 Å². The van der Waals surface area contributed by atoms with Gasteiger partial charge in [-0.15, -0.1) is 0 Å². The maximum Gasteiger partial charge on any atom is 0.306 e. The summed E-state index contributed by atoms with van der Waals surface area (Å²) in [6, 6.07) is 0. The maximum atomic E-state index is 12.9. The van der Waals surface area contributed by atoms with E-state index in [1.54, 1.807) is 0 Å². The second-order valence-corrected chi connectivity index (χ2v) is 23.1. The van der Waals surface area contributed by atoms with Crippen LogP contribution in [0.2, 0.25) is 0 Å². The molecule has 0 aliphatic rings. The van der Waals surface area contributed by atoms with E-state index < -0.39 is 6.10 Å². The predicted octanol–water partition coefficient (Wildman–Crippen LogP) is 23.2. The Morgan fingerprint density at radius 1 is 0.263 bits per heavy atom. The summed E-state index contributed by atoms with van der Waals surface area (Å²) in [6.45, 7) is 6.67. The van der Waals surface area contributed by atoms with Crippen LogP contribution in [0.4, 0.5) is 0 Å². The van der Waals surface area contributed by atoms with Gasteiger partial charge in [-0.3, -0.25) is 14.4 Å². The molecule has 0 amide bonds. The number of allylic oxidation sites excluding steroid dienone is 6. The van der Waals surface area contributed by atoms with E-state index in [0.29, 0.717) is 19.3 Å². The molecule has 0 rings (SSSR count). The van der Waals surface area contributed by atoms with Gasteiger partial charge in [0.2, 0.25) is 0 Å². The van der Waals surface area contributed by atoms with E-state index in [-0.39, 0.29) is 31.1 Å². The highest BCUT2D eigenvalue weighted by atomic mass is 16.6. The zero-order valence-electron chi connectivity index (χ0n) is 51.3.